The zero-order valence-electron chi connectivity index (χ0n) is 23.1. The number of benzene rings is 3. The molecule has 204 valence electrons. The van der Waals surface area contributed by atoms with Crippen LogP contribution in [0.5, 0.6) is 17.2 Å². The molecule has 9 heteroatoms. The van der Waals surface area contributed by atoms with Gasteiger partial charge in [-0.05, 0) is 80.6 Å². The number of nitrogens with zero attached hydrogens (tertiary/aromatic N) is 3. The Morgan fingerprint density at radius 1 is 0.949 bits per heavy atom. The first-order valence-corrected chi connectivity index (χ1v) is 12.6. The number of fused-ring (bicyclic) bond motifs is 1. The number of aromatic nitrogens is 2. The minimum Gasteiger partial charge on any atom is -0.497 e. The van der Waals surface area contributed by atoms with E-state index in [4.69, 9.17) is 19.2 Å². The zero-order chi connectivity index (χ0) is 28.2. The number of amides is 1. The normalized spacial score (nSPS) is 11.2. The van der Waals surface area contributed by atoms with Crippen molar-refractivity contribution >= 4 is 28.5 Å². The molecule has 0 spiro atoms. The van der Waals surface area contributed by atoms with Crippen LogP contribution < -0.4 is 24.4 Å². The zero-order valence-corrected chi connectivity index (χ0v) is 23.1. The minimum absolute atomic E-state index is 0.482. The average Bonchev–Trinajstić information content (AvgIpc) is 2.91. The number of methoxy groups -OCH3 is 3. The van der Waals surface area contributed by atoms with Crippen molar-refractivity contribution in [1.29, 1.82) is 0 Å². The molecule has 0 fully saturated rings. The molecular formula is C30H34N4O5. The van der Waals surface area contributed by atoms with Crippen LogP contribution in [0.2, 0.25) is 0 Å². The number of hydrogen-bond donors (Lipinski definition) is 2. The summed E-state index contributed by atoms with van der Waals surface area (Å²) in [6, 6.07) is 17.1. The highest BCUT2D eigenvalue weighted by atomic mass is 16.5. The van der Waals surface area contributed by atoms with Crippen molar-refractivity contribution in [3.8, 4) is 28.5 Å². The lowest BCUT2D eigenvalue weighted by molar-refractivity contribution is 0.196. The smallest absolute Gasteiger partial charge is 0.412 e. The Hall–Kier alpha value is -4.53. The summed E-state index contributed by atoms with van der Waals surface area (Å²) >= 11 is 0. The summed E-state index contributed by atoms with van der Waals surface area (Å²) in [5.41, 5.74) is 2.42. The second kappa shape index (κ2) is 11.5. The van der Waals surface area contributed by atoms with Crippen molar-refractivity contribution in [2.45, 2.75) is 32.7 Å². The summed E-state index contributed by atoms with van der Waals surface area (Å²) in [6.45, 7) is 6.21. The molecule has 0 bridgehead atoms. The third-order valence-corrected chi connectivity index (χ3v) is 6.34. The van der Waals surface area contributed by atoms with Crippen LogP contribution in [0.15, 0.2) is 60.8 Å². The molecule has 9 nitrogen and oxygen atoms in total. The van der Waals surface area contributed by atoms with Crippen molar-refractivity contribution in [1.82, 2.24) is 9.97 Å². The summed E-state index contributed by atoms with van der Waals surface area (Å²) < 4.78 is 16.1. The summed E-state index contributed by atoms with van der Waals surface area (Å²) in [6.07, 6.45) is 1.39. The fourth-order valence-corrected chi connectivity index (χ4v) is 4.49. The lowest BCUT2D eigenvalue weighted by atomic mass is 9.98. The number of carboxylic acid groups (broad SMARTS) is 1. The molecule has 1 aromatic heterocycles. The van der Waals surface area contributed by atoms with Crippen LogP contribution in [0.3, 0.4) is 0 Å². The van der Waals surface area contributed by atoms with E-state index in [2.05, 4.69) is 10.3 Å². The SMILES string of the molecule is COc1ccc2cc(-c3ccnc(NCCc4ccc(OC)c(OC)c4)n3)cc(N(C(=O)O)C(C)(C)C)c2c1. The van der Waals surface area contributed by atoms with Crippen LogP contribution in [0, 0.1) is 0 Å². The van der Waals surface area contributed by atoms with Gasteiger partial charge in [0, 0.05) is 29.2 Å². The first kappa shape index (κ1) is 27.5. The second-order valence-corrected chi connectivity index (χ2v) is 10.0. The van der Waals surface area contributed by atoms with Crippen LogP contribution >= 0.6 is 0 Å². The lowest BCUT2D eigenvalue weighted by Crippen LogP contribution is -2.45. The van der Waals surface area contributed by atoms with Gasteiger partial charge in [-0.3, -0.25) is 4.90 Å². The average molecular weight is 531 g/mol. The molecule has 0 aliphatic rings. The minimum atomic E-state index is -1.04. The highest BCUT2D eigenvalue weighted by molar-refractivity contribution is 6.04. The van der Waals surface area contributed by atoms with Crippen molar-refractivity contribution < 1.29 is 24.1 Å². The third-order valence-electron chi connectivity index (χ3n) is 6.34. The van der Waals surface area contributed by atoms with Gasteiger partial charge in [-0.1, -0.05) is 12.1 Å². The highest BCUT2D eigenvalue weighted by Crippen LogP contribution is 2.38. The van der Waals surface area contributed by atoms with Crippen molar-refractivity contribution in [2.75, 3.05) is 38.1 Å². The number of carbonyl (C=O) groups is 1. The Morgan fingerprint density at radius 3 is 2.38 bits per heavy atom. The van der Waals surface area contributed by atoms with Crippen LogP contribution in [-0.4, -0.2) is 54.6 Å². The van der Waals surface area contributed by atoms with E-state index in [1.54, 1.807) is 27.5 Å². The molecule has 0 saturated carbocycles. The van der Waals surface area contributed by atoms with Gasteiger partial charge in [0.1, 0.15) is 5.75 Å². The maximum Gasteiger partial charge on any atom is 0.412 e. The molecule has 39 heavy (non-hydrogen) atoms. The highest BCUT2D eigenvalue weighted by Gasteiger charge is 2.30. The van der Waals surface area contributed by atoms with Crippen LogP contribution in [0.4, 0.5) is 16.4 Å². The predicted molar refractivity (Wildman–Crippen MR) is 154 cm³/mol. The summed E-state index contributed by atoms with van der Waals surface area (Å²) in [5.74, 6) is 2.50. The van der Waals surface area contributed by atoms with Crippen LogP contribution in [0.1, 0.15) is 26.3 Å². The van der Waals surface area contributed by atoms with E-state index in [0.29, 0.717) is 41.1 Å². The largest absolute Gasteiger partial charge is 0.497 e. The monoisotopic (exact) mass is 530 g/mol. The fourth-order valence-electron chi connectivity index (χ4n) is 4.49. The van der Waals surface area contributed by atoms with Gasteiger partial charge in [-0.15, -0.1) is 0 Å². The molecule has 1 amide bonds. The van der Waals surface area contributed by atoms with Crippen molar-refractivity contribution in [3.05, 3.63) is 66.4 Å². The molecule has 0 saturated heterocycles. The molecule has 2 N–H and O–H groups in total. The topological polar surface area (TPSA) is 106 Å². The van der Waals surface area contributed by atoms with E-state index in [0.717, 1.165) is 28.3 Å². The molecule has 1 heterocycles. The van der Waals surface area contributed by atoms with Gasteiger partial charge in [-0.25, -0.2) is 14.8 Å². The summed E-state index contributed by atoms with van der Waals surface area (Å²) in [5, 5.41) is 15.1. The maximum atomic E-state index is 12.4. The van der Waals surface area contributed by atoms with E-state index >= 15 is 0 Å². The van der Waals surface area contributed by atoms with Gasteiger partial charge in [0.25, 0.3) is 0 Å². The second-order valence-electron chi connectivity index (χ2n) is 10.0. The summed E-state index contributed by atoms with van der Waals surface area (Å²) in [7, 11) is 4.82. The molecule has 4 aromatic rings. The van der Waals surface area contributed by atoms with Crippen LogP contribution in [-0.2, 0) is 6.42 Å². The maximum absolute atomic E-state index is 12.4. The van der Waals surface area contributed by atoms with Crippen molar-refractivity contribution in [2.24, 2.45) is 0 Å². The molecule has 3 aromatic carbocycles. The molecule has 0 radical (unpaired) electrons. The predicted octanol–water partition coefficient (Wildman–Crippen LogP) is 6.26. The van der Waals surface area contributed by atoms with Gasteiger partial charge in [0.15, 0.2) is 11.5 Å². The van der Waals surface area contributed by atoms with Gasteiger partial charge in [0.2, 0.25) is 5.95 Å². The first-order chi connectivity index (χ1) is 18.6. The third kappa shape index (κ3) is 6.14. The van der Waals surface area contributed by atoms with Gasteiger partial charge >= 0.3 is 6.09 Å². The van der Waals surface area contributed by atoms with Gasteiger partial charge < -0.3 is 24.6 Å². The summed E-state index contributed by atoms with van der Waals surface area (Å²) in [4.78, 5) is 22.9. The van der Waals surface area contributed by atoms with E-state index in [1.807, 2.05) is 75.4 Å². The first-order valence-electron chi connectivity index (χ1n) is 12.6. The number of nitrogens with one attached hydrogen (secondary N) is 1. The van der Waals surface area contributed by atoms with Gasteiger partial charge in [-0.2, -0.15) is 0 Å². The Balaban J connectivity index is 1.65. The molecular weight excluding hydrogens is 496 g/mol. The number of anilines is 2. The van der Waals surface area contributed by atoms with Crippen LogP contribution in [0.25, 0.3) is 22.0 Å². The van der Waals surface area contributed by atoms with E-state index in [-0.39, 0.29) is 0 Å². The lowest BCUT2D eigenvalue weighted by Gasteiger charge is -2.34. The molecule has 0 atom stereocenters. The van der Waals surface area contributed by atoms with Crippen molar-refractivity contribution in [3.63, 3.8) is 0 Å². The van der Waals surface area contributed by atoms with Gasteiger partial charge in [0.05, 0.1) is 32.7 Å². The number of hydrogen-bond acceptors (Lipinski definition) is 7. The van der Waals surface area contributed by atoms with E-state index in [1.165, 1.54) is 4.90 Å². The quantitative estimate of drug-likeness (QED) is 0.261. The molecule has 0 aliphatic carbocycles. The number of ether oxygens (including phenoxy) is 3. The molecule has 4 rings (SSSR count). The number of rotatable bonds is 9. The Kier molecular flexibility index (Phi) is 8.09. The molecule has 0 unspecified atom stereocenters. The fraction of sp³-hybridized carbons (Fsp3) is 0.300. The Labute approximate surface area is 228 Å². The molecule has 0 aliphatic heterocycles. The van der Waals surface area contributed by atoms with E-state index < -0.39 is 11.6 Å². The standard InChI is InChI=1S/C30H34N4O5/c1-30(2,3)34(29(35)36)25-17-21(16-20-8-9-22(37-4)18-23(20)25)24-12-14-32-28(33-24)31-13-11-19-7-10-26(38-5)27(15-19)39-6/h7-10,12,14-18H,11,13H2,1-6H3,(H,35,36)(H,31,32,33). The Morgan fingerprint density at radius 2 is 1.72 bits per heavy atom. The Bertz CT molecular complexity index is 1480. The van der Waals surface area contributed by atoms with E-state index in [9.17, 15) is 9.90 Å².